The largest absolute Gasteiger partial charge is 0.345 e. The summed E-state index contributed by atoms with van der Waals surface area (Å²) in [6.07, 6.45) is 3.22. The normalized spacial score (nSPS) is 11.7. The van der Waals surface area contributed by atoms with E-state index < -0.39 is 22.3 Å². The first-order valence-corrected chi connectivity index (χ1v) is 6.14. The van der Waals surface area contributed by atoms with Crippen LogP contribution in [0.4, 0.5) is 10.1 Å². The fourth-order valence-electron chi connectivity index (χ4n) is 1.79. The molecule has 0 bridgehead atoms. The van der Waals surface area contributed by atoms with Crippen molar-refractivity contribution in [2.45, 2.75) is 13.0 Å². The van der Waals surface area contributed by atoms with Gasteiger partial charge in [-0.1, -0.05) is 6.07 Å². The molecule has 0 spiro atoms. The van der Waals surface area contributed by atoms with Crippen molar-refractivity contribution in [1.82, 2.24) is 10.3 Å². The molecule has 108 valence electrons. The number of halogens is 1. The van der Waals surface area contributed by atoms with Crippen molar-refractivity contribution < 1.29 is 14.1 Å². The summed E-state index contributed by atoms with van der Waals surface area (Å²) in [4.78, 5) is 25.8. The molecule has 21 heavy (non-hydrogen) atoms. The first-order valence-electron chi connectivity index (χ1n) is 6.14. The number of rotatable bonds is 4. The summed E-state index contributed by atoms with van der Waals surface area (Å²) < 4.78 is 13.2. The lowest BCUT2D eigenvalue weighted by Crippen LogP contribution is -2.26. The first kappa shape index (κ1) is 14.6. The number of amides is 1. The smallest absolute Gasteiger partial charge is 0.305 e. The second kappa shape index (κ2) is 6.08. The van der Waals surface area contributed by atoms with E-state index in [1.54, 1.807) is 31.5 Å². The molecule has 0 saturated heterocycles. The van der Waals surface area contributed by atoms with Crippen LogP contribution in [0.5, 0.6) is 0 Å². The Balaban J connectivity index is 2.17. The van der Waals surface area contributed by atoms with Gasteiger partial charge in [0, 0.05) is 24.0 Å². The molecule has 1 aromatic heterocycles. The number of nitrogens with one attached hydrogen (secondary N) is 1. The van der Waals surface area contributed by atoms with Gasteiger partial charge in [-0.15, -0.1) is 0 Å². The van der Waals surface area contributed by atoms with Gasteiger partial charge in [0.05, 0.1) is 11.0 Å². The standard InChI is InChI=1S/C14H12FN3O3/c1-9(11-3-2-6-16-8-11)17-14(19)10-4-5-12(15)13(7-10)18(20)21/h2-9H,1H3,(H,17,19). The molecule has 2 rings (SSSR count). The zero-order valence-corrected chi connectivity index (χ0v) is 11.1. The number of nitrogens with zero attached hydrogens (tertiary/aromatic N) is 2. The van der Waals surface area contributed by atoms with E-state index in [-0.39, 0.29) is 11.6 Å². The maximum atomic E-state index is 13.2. The molecule has 6 nitrogen and oxygen atoms in total. The predicted octanol–water partition coefficient (Wildman–Crippen LogP) is 2.62. The molecule has 0 saturated carbocycles. The first-order chi connectivity index (χ1) is 9.99. The van der Waals surface area contributed by atoms with Crippen molar-refractivity contribution in [2.75, 3.05) is 0 Å². The number of pyridine rings is 1. The average Bonchev–Trinajstić information content (AvgIpc) is 2.48. The van der Waals surface area contributed by atoms with E-state index in [1.807, 2.05) is 0 Å². The van der Waals surface area contributed by atoms with Crippen molar-refractivity contribution >= 4 is 11.6 Å². The van der Waals surface area contributed by atoms with E-state index >= 15 is 0 Å². The molecule has 0 aliphatic carbocycles. The van der Waals surface area contributed by atoms with Crippen LogP contribution in [0.2, 0.25) is 0 Å². The van der Waals surface area contributed by atoms with Crippen LogP contribution < -0.4 is 5.32 Å². The van der Waals surface area contributed by atoms with E-state index in [0.717, 1.165) is 17.7 Å². The van der Waals surface area contributed by atoms with Gasteiger partial charge in [-0.2, -0.15) is 4.39 Å². The zero-order valence-electron chi connectivity index (χ0n) is 11.1. The van der Waals surface area contributed by atoms with Crippen molar-refractivity contribution in [1.29, 1.82) is 0 Å². The summed E-state index contributed by atoms with van der Waals surface area (Å²) in [5.41, 5.74) is 0.0954. The van der Waals surface area contributed by atoms with E-state index in [4.69, 9.17) is 0 Å². The lowest BCUT2D eigenvalue weighted by atomic mass is 10.1. The fourth-order valence-corrected chi connectivity index (χ4v) is 1.79. The predicted molar refractivity (Wildman–Crippen MR) is 73.2 cm³/mol. The third kappa shape index (κ3) is 3.38. The molecule has 1 atom stereocenters. The number of hydrogen-bond acceptors (Lipinski definition) is 4. The minimum absolute atomic E-state index is 0.0267. The Labute approximate surface area is 119 Å². The Kier molecular flexibility index (Phi) is 4.22. The Morgan fingerprint density at radius 1 is 1.43 bits per heavy atom. The van der Waals surface area contributed by atoms with Crippen molar-refractivity contribution in [3.05, 3.63) is 69.8 Å². The number of nitro groups is 1. The van der Waals surface area contributed by atoms with Crippen molar-refractivity contribution in [3.8, 4) is 0 Å². The van der Waals surface area contributed by atoms with Crippen LogP contribution >= 0.6 is 0 Å². The van der Waals surface area contributed by atoms with Gasteiger partial charge in [0.25, 0.3) is 5.91 Å². The van der Waals surface area contributed by atoms with Crippen LogP contribution in [0.25, 0.3) is 0 Å². The number of nitro benzene ring substituents is 1. The molecule has 1 unspecified atom stereocenters. The van der Waals surface area contributed by atoms with Crippen LogP contribution in [0, 0.1) is 15.9 Å². The number of aromatic nitrogens is 1. The third-order valence-corrected chi connectivity index (χ3v) is 2.94. The minimum atomic E-state index is -0.975. The number of hydrogen-bond donors (Lipinski definition) is 1. The highest BCUT2D eigenvalue weighted by Gasteiger charge is 2.18. The molecule has 0 fully saturated rings. The molecule has 2 aromatic rings. The Bertz CT molecular complexity index is 676. The van der Waals surface area contributed by atoms with Crippen LogP contribution in [0.1, 0.15) is 28.9 Å². The van der Waals surface area contributed by atoms with Gasteiger partial charge in [-0.05, 0) is 30.7 Å². The molecular weight excluding hydrogens is 277 g/mol. The van der Waals surface area contributed by atoms with E-state index in [9.17, 15) is 19.3 Å². The third-order valence-electron chi connectivity index (χ3n) is 2.94. The summed E-state index contributed by atoms with van der Waals surface area (Å²) in [5, 5.41) is 13.3. The van der Waals surface area contributed by atoms with Gasteiger partial charge in [-0.3, -0.25) is 19.9 Å². The molecule has 1 N–H and O–H groups in total. The van der Waals surface area contributed by atoms with Gasteiger partial charge in [0.2, 0.25) is 5.82 Å². The van der Waals surface area contributed by atoms with Crippen LogP contribution in [-0.4, -0.2) is 15.8 Å². The summed E-state index contributed by atoms with van der Waals surface area (Å²) in [7, 11) is 0. The summed E-state index contributed by atoms with van der Waals surface area (Å²) in [6, 6.07) is 6.23. The van der Waals surface area contributed by atoms with Gasteiger partial charge in [0.1, 0.15) is 0 Å². The van der Waals surface area contributed by atoms with Gasteiger partial charge < -0.3 is 5.32 Å². The minimum Gasteiger partial charge on any atom is -0.345 e. The zero-order chi connectivity index (χ0) is 15.4. The molecule has 1 amide bonds. The maximum absolute atomic E-state index is 13.2. The molecular formula is C14H12FN3O3. The SMILES string of the molecule is CC(NC(=O)c1ccc(F)c([N+](=O)[O-])c1)c1cccnc1. The second-order valence-corrected chi connectivity index (χ2v) is 4.40. The topological polar surface area (TPSA) is 85.1 Å². The van der Waals surface area contributed by atoms with Crippen LogP contribution in [0.15, 0.2) is 42.7 Å². The van der Waals surface area contributed by atoms with Crippen LogP contribution in [0.3, 0.4) is 0 Å². The highest BCUT2D eigenvalue weighted by atomic mass is 19.1. The quantitative estimate of drug-likeness (QED) is 0.692. The maximum Gasteiger partial charge on any atom is 0.305 e. The molecule has 1 aromatic carbocycles. The molecule has 0 radical (unpaired) electrons. The highest BCUT2D eigenvalue weighted by molar-refractivity contribution is 5.95. The molecule has 7 heteroatoms. The van der Waals surface area contributed by atoms with E-state index in [2.05, 4.69) is 10.3 Å². The summed E-state index contributed by atoms with van der Waals surface area (Å²) in [5.74, 6) is -1.49. The highest BCUT2D eigenvalue weighted by Crippen LogP contribution is 2.19. The monoisotopic (exact) mass is 289 g/mol. The Morgan fingerprint density at radius 3 is 2.81 bits per heavy atom. The summed E-state index contributed by atoms with van der Waals surface area (Å²) in [6.45, 7) is 1.76. The Morgan fingerprint density at radius 2 is 2.19 bits per heavy atom. The lowest BCUT2D eigenvalue weighted by Gasteiger charge is -2.13. The van der Waals surface area contributed by atoms with Crippen molar-refractivity contribution in [2.24, 2.45) is 0 Å². The number of carbonyl (C=O) groups excluding carboxylic acids is 1. The summed E-state index contributed by atoms with van der Waals surface area (Å²) >= 11 is 0. The van der Waals surface area contributed by atoms with E-state index in [0.29, 0.717) is 0 Å². The van der Waals surface area contributed by atoms with Gasteiger partial charge in [-0.25, -0.2) is 0 Å². The fraction of sp³-hybridized carbons (Fsp3) is 0.143. The number of benzene rings is 1. The average molecular weight is 289 g/mol. The molecule has 1 heterocycles. The van der Waals surface area contributed by atoms with Crippen LogP contribution in [-0.2, 0) is 0 Å². The lowest BCUT2D eigenvalue weighted by molar-refractivity contribution is -0.387. The second-order valence-electron chi connectivity index (χ2n) is 4.40. The molecule has 0 aliphatic rings. The van der Waals surface area contributed by atoms with Crippen molar-refractivity contribution in [3.63, 3.8) is 0 Å². The van der Waals surface area contributed by atoms with Gasteiger partial charge >= 0.3 is 5.69 Å². The van der Waals surface area contributed by atoms with Gasteiger partial charge in [0.15, 0.2) is 0 Å². The van der Waals surface area contributed by atoms with E-state index in [1.165, 1.54) is 6.07 Å². The Hall–Kier alpha value is -2.83. The molecule has 0 aliphatic heterocycles. The number of carbonyl (C=O) groups is 1.